The van der Waals surface area contributed by atoms with Crippen molar-refractivity contribution in [2.45, 2.75) is 33.0 Å². The summed E-state index contributed by atoms with van der Waals surface area (Å²) in [5.74, 6) is 1.87. The Balaban J connectivity index is 1.96. The van der Waals surface area contributed by atoms with E-state index in [9.17, 15) is 8.78 Å². The van der Waals surface area contributed by atoms with Crippen LogP contribution in [0, 0.1) is 6.92 Å². The molecule has 2 aromatic rings. The van der Waals surface area contributed by atoms with Crippen LogP contribution in [0.25, 0.3) is 0 Å². The third-order valence-corrected chi connectivity index (χ3v) is 2.96. The quantitative estimate of drug-likeness (QED) is 0.867. The minimum Gasteiger partial charge on any atom is -0.465 e. The third-order valence-electron chi connectivity index (χ3n) is 2.96. The molecule has 0 aliphatic rings. The van der Waals surface area contributed by atoms with Gasteiger partial charge in [0.25, 0.3) is 0 Å². The summed E-state index contributed by atoms with van der Waals surface area (Å²) in [4.78, 5) is 0. The van der Waals surface area contributed by atoms with E-state index < -0.39 is 6.61 Å². The summed E-state index contributed by atoms with van der Waals surface area (Å²) in [6.07, 6.45) is 0. The molecule has 0 saturated heterocycles. The highest BCUT2D eigenvalue weighted by atomic mass is 19.3. The molecule has 0 saturated carbocycles. The predicted octanol–water partition coefficient (Wildman–Crippen LogP) is 4.04. The first-order valence-electron chi connectivity index (χ1n) is 6.38. The summed E-state index contributed by atoms with van der Waals surface area (Å²) < 4.78 is 34.2. The zero-order chi connectivity index (χ0) is 14.5. The second-order valence-electron chi connectivity index (χ2n) is 4.57. The SMILES string of the molecule is Cc1ccc(CNC(C)c2cccc(OC(F)F)c2)o1. The monoisotopic (exact) mass is 281 g/mol. The first kappa shape index (κ1) is 14.5. The molecule has 0 bridgehead atoms. The van der Waals surface area contributed by atoms with Crippen LogP contribution >= 0.6 is 0 Å². The van der Waals surface area contributed by atoms with E-state index in [1.807, 2.05) is 32.0 Å². The van der Waals surface area contributed by atoms with E-state index in [0.29, 0.717) is 6.54 Å². The van der Waals surface area contributed by atoms with Crippen LogP contribution in [0.4, 0.5) is 8.78 Å². The summed E-state index contributed by atoms with van der Waals surface area (Å²) >= 11 is 0. The van der Waals surface area contributed by atoms with E-state index in [1.165, 1.54) is 6.07 Å². The first-order chi connectivity index (χ1) is 9.54. The molecule has 0 aliphatic heterocycles. The van der Waals surface area contributed by atoms with Gasteiger partial charge in [-0.15, -0.1) is 0 Å². The lowest BCUT2D eigenvalue weighted by Gasteiger charge is -2.14. The Morgan fingerprint density at radius 3 is 2.70 bits per heavy atom. The molecule has 1 N–H and O–H groups in total. The average Bonchev–Trinajstić information content (AvgIpc) is 2.81. The summed E-state index contributed by atoms with van der Waals surface area (Å²) in [7, 11) is 0. The maximum Gasteiger partial charge on any atom is 0.387 e. The summed E-state index contributed by atoms with van der Waals surface area (Å²) in [6.45, 7) is 1.62. The minimum atomic E-state index is -2.81. The van der Waals surface area contributed by atoms with E-state index in [4.69, 9.17) is 4.42 Å². The molecule has 5 heteroatoms. The Morgan fingerprint density at radius 1 is 1.25 bits per heavy atom. The van der Waals surface area contributed by atoms with Crippen LogP contribution in [0.5, 0.6) is 5.75 Å². The van der Waals surface area contributed by atoms with Crippen molar-refractivity contribution < 1.29 is 17.9 Å². The van der Waals surface area contributed by atoms with E-state index in [1.54, 1.807) is 12.1 Å². The molecule has 1 heterocycles. The van der Waals surface area contributed by atoms with Crippen molar-refractivity contribution in [1.29, 1.82) is 0 Å². The summed E-state index contributed by atoms with van der Waals surface area (Å²) in [5.41, 5.74) is 0.881. The highest BCUT2D eigenvalue weighted by Crippen LogP contribution is 2.21. The number of halogens is 2. The van der Waals surface area contributed by atoms with Gasteiger partial charge in [-0.25, -0.2) is 0 Å². The van der Waals surface area contributed by atoms with E-state index in [2.05, 4.69) is 10.1 Å². The fraction of sp³-hybridized carbons (Fsp3) is 0.333. The van der Waals surface area contributed by atoms with Gasteiger partial charge in [0, 0.05) is 6.04 Å². The smallest absolute Gasteiger partial charge is 0.387 e. The number of furan rings is 1. The fourth-order valence-corrected chi connectivity index (χ4v) is 1.91. The molecule has 1 unspecified atom stereocenters. The highest BCUT2D eigenvalue weighted by Gasteiger charge is 2.09. The molecule has 108 valence electrons. The summed E-state index contributed by atoms with van der Waals surface area (Å²) in [5, 5.41) is 3.27. The van der Waals surface area contributed by atoms with Crippen LogP contribution in [0.1, 0.15) is 30.0 Å². The number of alkyl halides is 2. The lowest BCUT2D eigenvalue weighted by molar-refractivity contribution is -0.0499. The van der Waals surface area contributed by atoms with Crippen molar-refractivity contribution in [3.8, 4) is 5.75 Å². The molecule has 0 fully saturated rings. The second-order valence-corrected chi connectivity index (χ2v) is 4.57. The zero-order valence-electron chi connectivity index (χ0n) is 11.4. The van der Waals surface area contributed by atoms with Crippen molar-refractivity contribution in [3.05, 3.63) is 53.5 Å². The zero-order valence-corrected chi connectivity index (χ0v) is 11.4. The minimum absolute atomic E-state index is 0.00151. The van der Waals surface area contributed by atoms with Crippen molar-refractivity contribution in [2.24, 2.45) is 0 Å². The lowest BCUT2D eigenvalue weighted by atomic mass is 10.1. The van der Waals surface area contributed by atoms with Crippen LogP contribution in [-0.2, 0) is 6.54 Å². The van der Waals surface area contributed by atoms with E-state index >= 15 is 0 Å². The molecule has 3 nitrogen and oxygen atoms in total. The summed E-state index contributed by atoms with van der Waals surface area (Å²) in [6, 6.07) is 10.5. The number of hydrogen-bond donors (Lipinski definition) is 1. The van der Waals surface area contributed by atoms with E-state index in [-0.39, 0.29) is 11.8 Å². The highest BCUT2D eigenvalue weighted by molar-refractivity contribution is 5.30. The molecule has 0 radical (unpaired) electrons. The Morgan fingerprint density at radius 2 is 2.05 bits per heavy atom. The molecule has 1 aromatic carbocycles. The van der Waals surface area contributed by atoms with Crippen LogP contribution in [0.15, 0.2) is 40.8 Å². The van der Waals surface area contributed by atoms with Gasteiger partial charge in [0.1, 0.15) is 17.3 Å². The molecule has 20 heavy (non-hydrogen) atoms. The first-order valence-corrected chi connectivity index (χ1v) is 6.38. The number of ether oxygens (including phenoxy) is 1. The van der Waals surface area contributed by atoms with Crippen molar-refractivity contribution >= 4 is 0 Å². The number of aryl methyl sites for hydroxylation is 1. The molecule has 0 amide bonds. The number of benzene rings is 1. The van der Waals surface area contributed by atoms with Gasteiger partial charge in [-0.2, -0.15) is 8.78 Å². The molecule has 1 aromatic heterocycles. The molecular formula is C15H17F2NO2. The van der Waals surface area contributed by atoms with Crippen LogP contribution < -0.4 is 10.1 Å². The second kappa shape index (κ2) is 6.52. The van der Waals surface area contributed by atoms with Crippen LogP contribution in [0.3, 0.4) is 0 Å². The number of nitrogens with one attached hydrogen (secondary N) is 1. The molecular weight excluding hydrogens is 264 g/mol. The molecule has 2 rings (SSSR count). The van der Waals surface area contributed by atoms with Crippen molar-refractivity contribution in [3.63, 3.8) is 0 Å². The molecule has 0 aliphatic carbocycles. The topological polar surface area (TPSA) is 34.4 Å². The van der Waals surface area contributed by atoms with Gasteiger partial charge in [-0.1, -0.05) is 12.1 Å². The van der Waals surface area contributed by atoms with Gasteiger partial charge in [-0.05, 0) is 43.7 Å². The van der Waals surface area contributed by atoms with Gasteiger partial charge in [0.2, 0.25) is 0 Å². The third kappa shape index (κ3) is 4.06. The average molecular weight is 281 g/mol. The number of rotatable bonds is 6. The van der Waals surface area contributed by atoms with Crippen LogP contribution in [0.2, 0.25) is 0 Å². The van der Waals surface area contributed by atoms with Gasteiger partial charge in [0.05, 0.1) is 6.54 Å². The Labute approximate surface area is 116 Å². The fourth-order valence-electron chi connectivity index (χ4n) is 1.91. The predicted molar refractivity (Wildman–Crippen MR) is 71.8 cm³/mol. The maximum atomic E-state index is 12.2. The molecule has 0 spiro atoms. The van der Waals surface area contributed by atoms with Gasteiger partial charge in [-0.3, -0.25) is 0 Å². The Kier molecular flexibility index (Phi) is 4.74. The van der Waals surface area contributed by atoms with Gasteiger partial charge >= 0.3 is 6.61 Å². The largest absolute Gasteiger partial charge is 0.465 e. The van der Waals surface area contributed by atoms with Crippen molar-refractivity contribution in [1.82, 2.24) is 5.32 Å². The van der Waals surface area contributed by atoms with E-state index in [0.717, 1.165) is 17.1 Å². The lowest BCUT2D eigenvalue weighted by Crippen LogP contribution is -2.17. The molecule has 1 atom stereocenters. The standard InChI is InChI=1S/C15H17F2NO2/c1-10-6-7-14(19-10)9-18-11(2)12-4-3-5-13(8-12)20-15(16)17/h3-8,11,15,18H,9H2,1-2H3. The maximum absolute atomic E-state index is 12.2. The Hall–Kier alpha value is -1.88. The Bertz CT molecular complexity index is 554. The number of hydrogen-bond acceptors (Lipinski definition) is 3. The van der Waals surface area contributed by atoms with Gasteiger partial charge in [0.15, 0.2) is 0 Å². The van der Waals surface area contributed by atoms with Crippen LogP contribution in [-0.4, -0.2) is 6.61 Å². The normalized spacial score (nSPS) is 12.7. The van der Waals surface area contributed by atoms with Gasteiger partial charge < -0.3 is 14.5 Å². The van der Waals surface area contributed by atoms with Crippen molar-refractivity contribution in [2.75, 3.05) is 0 Å².